The third kappa shape index (κ3) is 3.28. The Balaban J connectivity index is 2.00. The Bertz CT molecular complexity index is 411. The highest BCUT2D eigenvalue weighted by molar-refractivity contribution is 7.13. The molecule has 0 amide bonds. The SMILES string of the molecule is COC(=O)C=Cc1csc(N2CCOCC2)n1. The second kappa shape index (κ2) is 5.79. The van der Waals surface area contributed by atoms with Gasteiger partial charge >= 0.3 is 5.97 Å². The number of anilines is 1. The van der Waals surface area contributed by atoms with E-state index in [0.717, 1.165) is 37.1 Å². The minimum atomic E-state index is -0.370. The number of hydrogen-bond donors (Lipinski definition) is 0. The fraction of sp³-hybridized carbons (Fsp3) is 0.455. The molecule has 1 aromatic heterocycles. The average Bonchev–Trinajstić information content (AvgIpc) is 2.86. The summed E-state index contributed by atoms with van der Waals surface area (Å²) in [5.41, 5.74) is 0.780. The van der Waals surface area contributed by atoms with Gasteiger partial charge in [0, 0.05) is 24.5 Å². The maximum atomic E-state index is 10.9. The van der Waals surface area contributed by atoms with Gasteiger partial charge in [0.2, 0.25) is 0 Å². The minimum Gasteiger partial charge on any atom is -0.466 e. The number of thiazole rings is 1. The highest BCUT2D eigenvalue weighted by Gasteiger charge is 2.13. The van der Waals surface area contributed by atoms with Gasteiger partial charge in [0.15, 0.2) is 5.13 Å². The summed E-state index contributed by atoms with van der Waals surface area (Å²) in [6.07, 6.45) is 3.03. The fourth-order valence-corrected chi connectivity index (χ4v) is 2.32. The molecule has 0 unspecified atom stereocenters. The lowest BCUT2D eigenvalue weighted by Crippen LogP contribution is -2.36. The van der Waals surface area contributed by atoms with Crippen LogP contribution in [0.25, 0.3) is 6.08 Å². The molecule has 1 saturated heterocycles. The largest absolute Gasteiger partial charge is 0.466 e. The Morgan fingerprint density at radius 2 is 2.35 bits per heavy atom. The number of carbonyl (C=O) groups excluding carboxylic acids is 1. The molecule has 0 aromatic carbocycles. The Labute approximate surface area is 104 Å². The molecule has 1 aliphatic heterocycles. The molecule has 0 radical (unpaired) electrons. The van der Waals surface area contributed by atoms with Crippen LogP contribution in [0.2, 0.25) is 0 Å². The molecule has 0 atom stereocenters. The summed E-state index contributed by atoms with van der Waals surface area (Å²) >= 11 is 1.57. The molecule has 1 fully saturated rings. The summed E-state index contributed by atoms with van der Waals surface area (Å²) in [6, 6.07) is 0. The number of methoxy groups -OCH3 is 1. The lowest BCUT2D eigenvalue weighted by molar-refractivity contribution is -0.134. The number of esters is 1. The van der Waals surface area contributed by atoms with Gasteiger partial charge in [0.1, 0.15) is 0 Å². The van der Waals surface area contributed by atoms with Crippen LogP contribution in [0.15, 0.2) is 11.5 Å². The van der Waals surface area contributed by atoms with E-state index in [1.807, 2.05) is 5.38 Å². The summed E-state index contributed by atoms with van der Waals surface area (Å²) < 4.78 is 9.80. The van der Waals surface area contributed by atoms with E-state index in [1.165, 1.54) is 13.2 Å². The maximum Gasteiger partial charge on any atom is 0.330 e. The van der Waals surface area contributed by atoms with Crippen molar-refractivity contribution in [2.75, 3.05) is 38.3 Å². The van der Waals surface area contributed by atoms with Crippen molar-refractivity contribution in [3.05, 3.63) is 17.2 Å². The van der Waals surface area contributed by atoms with Gasteiger partial charge in [0.25, 0.3) is 0 Å². The van der Waals surface area contributed by atoms with E-state index in [1.54, 1.807) is 17.4 Å². The summed E-state index contributed by atoms with van der Waals surface area (Å²) in [6.45, 7) is 3.22. The van der Waals surface area contributed by atoms with E-state index in [9.17, 15) is 4.79 Å². The fourth-order valence-electron chi connectivity index (χ4n) is 1.47. The number of aromatic nitrogens is 1. The average molecular weight is 254 g/mol. The smallest absolute Gasteiger partial charge is 0.330 e. The van der Waals surface area contributed by atoms with Crippen LogP contribution >= 0.6 is 11.3 Å². The van der Waals surface area contributed by atoms with Crippen LogP contribution in [-0.2, 0) is 14.3 Å². The van der Waals surface area contributed by atoms with Crippen LogP contribution in [0.3, 0.4) is 0 Å². The van der Waals surface area contributed by atoms with E-state index in [2.05, 4.69) is 14.6 Å². The van der Waals surface area contributed by atoms with Gasteiger partial charge in [-0.05, 0) is 6.08 Å². The van der Waals surface area contributed by atoms with Crippen molar-refractivity contribution in [3.63, 3.8) is 0 Å². The van der Waals surface area contributed by atoms with Crippen LogP contribution in [-0.4, -0.2) is 44.4 Å². The predicted molar refractivity (Wildman–Crippen MR) is 66.2 cm³/mol. The highest BCUT2D eigenvalue weighted by atomic mass is 32.1. The van der Waals surface area contributed by atoms with E-state index < -0.39 is 0 Å². The first-order valence-corrected chi connectivity index (χ1v) is 6.22. The molecule has 6 heteroatoms. The first-order chi connectivity index (χ1) is 8.29. The molecule has 2 rings (SSSR count). The number of hydrogen-bond acceptors (Lipinski definition) is 6. The first kappa shape index (κ1) is 12.1. The highest BCUT2D eigenvalue weighted by Crippen LogP contribution is 2.21. The van der Waals surface area contributed by atoms with Crippen LogP contribution in [0, 0.1) is 0 Å². The molecule has 5 nitrogen and oxygen atoms in total. The Morgan fingerprint density at radius 3 is 3.06 bits per heavy atom. The molecule has 0 aliphatic carbocycles. The molecular weight excluding hydrogens is 240 g/mol. The van der Waals surface area contributed by atoms with Gasteiger partial charge < -0.3 is 14.4 Å². The van der Waals surface area contributed by atoms with Gasteiger partial charge in [-0.15, -0.1) is 11.3 Å². The van der Waals surface area contributed by atoms with Crippen LogP contribution in [0.1, 0.15) is 5.69 Å². The monoisotopic (exact) mass is 254 g/mol. The van der Waals surface area contributed by atoms with Crippen LogP contribution in [0.5, 0.6) is 0 Å². The van der Waals surface area contributed by atoms with E-state index in [4.69, 9.17) is 4.74 Å². The van der Waals surface area contributed by atoms with E-state index in [0.29, 0.717) is 0 Å². The van der Waals surface area contributed by atoms with Crippen molar-refractivity contribution in [2.24, 2.45) is 0 Å². The number of ether oxygens (including phenoxy) is 2. The Hall–Kier alpha value is -1.40. The van der Waals surface area contributed by atoms with Crippen molar-refractivity contribution < 1.29 is 14.3 Å². The van der Waals surface area contributed by atoms with Gasteiger partial charge in [-0.1, -0.05) is 0 Å². The van der Waals surface area contributed by atoms with Crippen molar-refractivity contribution in [3.8, 4) is 0 Å². The normalized spacial score (nSPS) is 16.4. The minimum absolute atomic E-state index is 0.370. The quantitative estimate of drug-likeness (QED) is 0.598. The van der Waals surface area contributed by atoms with E-state index >= 15 is 0 Å². The lowest BCUT2D eigenvalue weighted by atomic mass is 10.4. The third-order valence-corrected chi connectivity index (χ3v) is 3.30. The molecule has 0 saturated carbocycles. The van der Waals surface area contributed by atoms with Crippen LogP contribution in [0.4, 0.5) is 5.13 Å². The molecule has 1 aromatic rings. The van der Waals surface area contributed by atoms with Crippen molar-refractivity contribution in [2.45, 2.75) is 0 Å². The first-order valence-electron chi connectivity index (χ1n) is 5.34. The summed E-state index contributed by atoms with van der Waals surface area (Å²) in [7, 11) is 1.35. The Morgan fingerprint density at radius 1 is 1.59 bits per heavy atom. The van der Waals surface area contributed by atoms with Crippen molar-refractivity contribution >= 4 is 28.5 Å². The zero-order valence-electron chi connectivity index (χ0n) is 9.59. The van der Waals surface area contributed by atoms with Gasteiger partial charge in [-0.2, -0.15) is 0 Å². The second-order valence-corrected chi connectivity index (χ2v) is 4.35. The van der Waals surface area contributed by atoms with E-state index in [-0.39, 0.29) is 5.97 Å². The standard InChI is InChI=1S/C11H14N2O3S/c1-15-10(14)3-2-9-8-17-11(12-9)13-4-6-16-7-5-13/h2-3,8H,4-7H2,1H3. The van der Waals surface area contributed by atoms with Gasteiger partial charge in [0.05, 0.1) is 26.0 Å². The molecular formula is C11H14N2O3S. The van der Waals surface area contributed by atoms with Crippen molar-refractivity contribution in [1.82, 2.24) is 4.98 Å². The number of nitrogens with zero attached hydrogens (tertiary/aromatic N) is 2. The Kier molecular flexibility index (Phi) is 4.11. The molecule has 0 bridgehead atoms. The molecule has 0 N–H and O–H groups in total. The third-order valence-electron chi connectivity index (χ3n) is 2.38. The maximum absolute atomic E-state index is 10.9. The summed E-state index contributed by atoms with van der Waals surface area (Å²) in [5, 5.41) is 2.89. The number of carbonyl (C=O) groups is 1. The molecule has 92 valence electrons. The molecule has 17 heavy (non-hydrogen) atoms. The lowest BCUT2D eigenvalue weighted by Gasteiger charge is -2.25. The predicted octanol–water partition coefficient (Wildman–Crippen LogP) is 1.17. The molecule has 2 heterocycles. The number of morpholine rings is 1. The van der Waals surface area contributed by atoms with Gasteiger partial charge in [-0.3, -0.25) is 0 Å². The van der Waals surface area contributed by atoms with Gasteiger partial charge in [-0.25, -0.2) is 9.78 Å². The topological polar surface area (TPSA) is 51.7 Å². The number of rotatable bonds is 3. The molecule has 1 aliphatic rings. The summed E-state index contributed by atoms with van der Waals surface area (Å²) in [5.74, 6) is -0.370. The second-order valence-electron chi connectivity index (χ2n) is 3.51. The van der Waals surface area contributed by atoms with Crippen molar-refractivity contribution in [1.29, 1.82) is 0 Å². The summed E-state index contributed by atoms with van der Waals surface area (Å²) in [4.78, 5) is 17.6. The zero-order valence-corrected chi connectivity index (χ0v) is 10.4. The van der Waals surface area contributed by atoms with Crippen LogP contribution < -0.4 is 4.90 Å². The zero-order chi connectivity index (χ0) is 12.1. The molecule has 0 spiro atoms.